The van der Waals surface area contributed by atoms with Crippen LogP contribution in [0.5, 0.6) is 0 Å². The van der Waals surface area contributed by atoms with E-state index in [-0.39, 0.29) is 6.04 Å². The van der Waals surface area contributed by atoms with Gasteiger partial charge in [-0.15, -0.1) is 0 Å². The summed E-state index contributed by atoms with van der Waals surface area (Å²) in [6.45, 7) is 5.82. The Balaban J connectivity index is 3.72. The Kier molecular flexibility index (Phi) is 6.00. The molecule has 0 radical (unpaired) electrons. The van der Waals surface area contributed by atoms with Crippen LogP contribution in [0, 0.1) is 0 Å². The van der Waals surface area contributed by atoms with Gasteiger partial charge < -0.3 is 4.12 Å². The van der Waals surface area contributed by atoms with E-state index in [0.717, 1.165) is 12.5 Å². The molecular weight excluding hydrogens is 225 g/mol. The average Bonchev–Trinajstić information content (AvgIpc) is 2.00. The Morgan fingerprint density at radius 3 is 2.29 bits per heavy atom. The summed E-state index contributed by atoms with van der Waals surface area (Å²) in [7, 11) is -2.57. The summed E-state index contributed by atoms with van der Waals surface area (Å²) in [6, 6.07) is 1.27. The van der Waals surface area contributed by atoms with Crippen LogP contribution in [0.3, 0.4) is 0 Å². The van der Waals surface area contributed by atoms with Crippen molar-refractivity contribution in [3.05, 3.63) is 0 Å². The largest absolute Gasteiger partial charge is 0.460 e. The zero-order chi connectivity index (χ0) is 11.2. The van der Waals surface area contributed by atoms with Gasteiger partial charge in [-0.05, 0) is 25.2 Å². The Morgan fingerprint density at radius 2 is 1.86 bits per heavy atom. The highest BCUT2D eigenvalue weighted by molar-refractivity contribution is 6.75. The first-order valence-corrected chi connectivity index (χ1v) is 9.67. The molecule has 6 heteroatoms. The third-order valence-corrected chi connectivity index (χ3v) is 8.39. The highest BCUT2D eigenvalue weighted by Crippen LogP contribution is 2.26. The Labute approximate surface area is 87.1 Å². The molecule has 0 amide bonds. The molecule has 0 atom stereocenters. The van der Waals surface area contributed by atoms with Gasteiger partial charge in [0.15, 0.2) is 8.32 Å². The van der Waals surface area contributed by atoms with Crippen molar-refractivity contribution in [2.45, 2.75) is 51.1 Å². The van der Waals surface area contributed by atoms with Gasteiger partial charge in [0, 0.05) is 6.42 Å². The Hall–Kier alpha value is 0.184. The van der Waals surface area contributed by atoms with Gasteiger partial charge in [0.25, 0.3) is 0 Å². The normalized spacial score (nSPS) is 14.1. The summed E-state index contributed by atoms with van der Waals surface area (Å²) in [5.74, 6) is 0. The molecule has 0 aliphatic carbocycles. The molecule has 0 aliphatic heterocycles. The summed E-state index contributed by atoms with van der Waals surface area (Å²) in [4.78, 5) is 0. The molecule has 0 aromatic heterocycles. The second-order valence-electron chi connectivity index (χ2n) is 4.08. The summed E-state index contributed by atoms with van der Waals surface area (Å²) in [5, 5.41) is 0. The first kappa shape index (κ1) is 14.2. The second-order valence-corrected chi connectivity index (χ2v) is 10.4. The van der Waals surface area contributed by atoms with E-state index in [0.29, 0.717) is 0 Å². The lowest BCUT2D eigenvalue weighted by molar-refractivity contribution is -0.131. The van der Waals surface area contributed by atoms with Crippen molar-refractivity contribution in [2.24, 2.45) is 0 Å². The second kappa shape index (κ2) is 5.92. The maximum atomic E-state index is 12.0. The van der Waals surface area contributed by atoms with E-state index in [4.69, 9.17) is 4.12 Å². The molecule has 0 saturated carbocycles. The Morgan fingerprint density at radius 1 is 1.29 bits per heavy atom. The van der Waals surface area contributed by atoms with E-state index in [9.17, 15) is 13.2 Å². The minimum absolute atomic E-state index is 0.202. The Bertz CT molecular complexity index is 159. The van der Waals surface area contributed by atoms with Gasteiger partial charge in [0.05, 0.1) is 0 Å². The van der Waals surface area contributed by atoms with E-state index in [1.165, 1.54) is 0 Å². The fourth-order valence-corrected chi connectivity index (χ4v) is 5.55. The van der Waals surface area contributed by atoms with E-state index >= 15 is 0 Å². The van der Waals surface area contributed by atoms with Crippen molar-refractivity contribution in [2.75, 3.05) is 0 Å². The van der Waals surface area contributed by atoms with Crippen LogP contribution in [0.2, 0.25) is 25.2 Å². The fraction of sp³-hybridized carbons (Fsp3) is 1.00. The van der Waals surface area contributed by atoms with Gasteiger partial charge in [-0.25, -0.2) is 0 Å². The fourth-order valence-electron chi connectivity index (χ4n) is 1.01. The number of hydrogen-bond acceptors (Lipinski definition) is 1. The maximum absolute atomic E-state index is 12.0. The van der Waals surface area contributed by atoms with E-state index in [2.05, 4.69) is 6.92 Å². The lowest BCUT2D eigenvalue weighted by atomic mass is 10.5. The van der Waals surface area contributed by atoms with Gasteiger partial charge in [0.1, 0.15) is 9.76 Å². The topological polar surface area (TPSA) is 9.23 Å². The van der Waals surface area contributed by atoms with Crippen LogP contribution in [-0.4, -0.2) is 24.3 Å². The monoisotopic (exact) mass is 244 g/mol. The first-order valence-electron chi connectivity index (χ1n) is 4.97. The molecule has 0 aromatic rings. The predicted octanol–water partition coefficient (Wildman–Crippen LogP) is 3.07. The number of rotatable bonds is 6. The van der Waals surface area contributed by atoms with Gasteiger partial charge >= 0.3 is 6.18 Å². The van der Waals surface area contributed by atoms with Crippen LogP contribution in [0.15, 0.2) is 0 Å². The zero-order valence-corrected chi connectivity index (χ0v) is 11.5. The SMILES string of the molecule is CCC[SiH2]O[Si](C)(C)CCC(F)(F)F. The lowest BCUT2D eigenvalue weighted by Crippen LogP contribution is -2.33. The molecule has 0 aromatic carbocycles. The van der Waals surface area contributed by atoms with Crippen LogP contribution in [-0.2, 0) is 4.12 Å². The van der Waals surface area contributed by atoms with Crippen LogP contribution >= 0.6 is 0 Å². The van der Waals surface area contributed by atoms with Gasteiger partial charge in [-0.3, -0.25) is 0 Å². The molecule has 0 N–H and O–H groups in total. The lowest BCUT2D eigenvalue weighted by Gasteiger charge is -2.23. The molecule has 1 nitrogen and oxygen atoms in total. The van der Waals surface area contributed by atoms with Crippen LogP contribution in [0.4, 0.5) is 13.2 Å². The standard InChI is InChI=1S/C8H19F3OSi2/c1-4-6-13-12-14(2,3)7-5-8(9,10)11/h4-7,13H2,1-3H3. The van der Waals surface area contributed by atoms with E-state index < -0.39 is 30.7 Å². The van der Waals surface area contributed by atoms with Gasteiger partial charge in [-0.2, -0.15) is 13.2 Å². The highest BCUT2D eigenvalue weighted by Gasteiger charge is 2.32. The van der Waals surface area contributed by atoms with Crippen molar-refractivity contribution in [1.82, 2.24) is 0 Å². The van der Waals surface area contributed by atoms with Crippen molar-refractivity contribution >= 4 is 18.1 Å². The molecule has 86 valence electrons. The zero-order valence-electron chi connectivity index (χ0n) is 9.08. The molecular formula is C8H19F3OSi2. The van der Waals surface area contributed by atoms with Crippen molar-refractivity contribution in [1.29, 1.82) is 0 Å². The molecule has 0 unspecified atom stereocenters. The molecule has 14 heavy (non-hydrogen) atoms. The molecule has 0 spiro atoms. The van der Waals surface area contributed by atoms with E-state index in [1.807, 2.05) is 13.1 Å². The summed E-state index contributed by atoms with van der Waals surface area (Å²) in [6.07, 6.45) is -3.64. The number of halogens is 3. The minimum Gasteiger partial charge on any atom is -0.460 e. The minimum atomic E-state index is -4.03. The molecule has 0 heterocycles. The molecule has 0 bridgehead atoms. The molecule has 0 aliphatic rings. The van der Waals surface area contributed by atoms with Gasteiger partial charge in [-0.1, -0.05) is 13.3 Å². The summed E-state index contributed by atoms with van der Waals surface area (Å²) in [5.41, 5.74) is 0. The van der Waals surface area contributed by atoms with Gasteiger partial charge in [0.2, 0.25) is 0 Å². The van der Waals surface area contributed by atoms with Crippen LogP contribution in [0.1, 0.15) is 19.8 Å². The number of alkyl halides is 3. The molecule has 0 fully saturated rings. The van der Waals surface area contributed by atoms with Crippen molar-refractivity contribution in [3.63, 3.8) is 0 Å². The van der Waals surface area contributed by atoms with Crippen molar-refractivity contribution < 1.29 is 17.3 Å². The quantitative estimate of drug-likeness (QED) is 0.515. The summed E-state index contributed by atoms with van der Waals surface area (Å²) < 4.78 is 41.5. The highest BCUT2D eigenvalue weighted by atomic mass is 28.4. The average molecular weight is 244 g/mol. The maximum Gasteiger partial charge on any atom is 0.388 e. The van der Waals surface area contributed by atoms with Crippen LogP contribution in [0.25, 0.3) is 0 Å². The third-order valence-electron chi connectivity index (χ3n) is 2.00. The predicted molar refractivity (Wildman–Crippen MR) is 57.7 cm³/mol. The molecule has 0 rings (SSSR count). The molecule has 0 saturated heterocycles. The third kappa shape index (κ3) is 8.77. The van der Waals surface area contributed by atoms with Crippen molar-refractivity contribution in [3.8, 4) is 0 Å². The number of hydrogen-bond donors (Lipinski definition) is 0. The van der Waals surface area contributed by atoms with Crippen LogP contribution < -0.4 is 0 Å². The van der Waals surface area contributed by atoms with E-state index in [1.54, 1.807) is 0 Å². The first-order chi connectivity index (χ1) is 6.27. The smallest absolute Gasteiger partial charge is 0.388 e. The summed E-state index contributed by atoms with van der Waals surface area (Å²) >= 11 is 0.